The summed E-state index contributed by atoms with van der Waals surface area (Å²) in [5.74, 6) is -0.324. The minimum absolute atomic E-state index is 0.204. The molecule has 0 aliphatic rings. The van der Waals surface area contributed by atoms with Gasteiger partial charge in [0.1, 0.15) is 30.3 Å². The molecular formula is C13H11ClFNO3. The fourth-order valence-electron chi connectivity index (χ4n) is 1.62. The number of alkyl halides is 1. The standard InChI is InChI=1S/C13H11ClFNO3/c1-8-11(13(17)18-7-6-15)12(16-19-8)9-2-4-10(14)5-3-9/h2-5H,6-7H2,1H3. The molecule has 4 nitrogen and oxygen atoms in total. The van der Waals surface area contributed by atoms with E-state index in [-0.39, 0.29) is 12.2 Å². The molecule has 0 radical (unpaired) electrons. The van der Waals surface area contributed by atoms with Crippen molar-refractivity contribution in [1.29, 1.82) is 0 Å². The second kappa shape index (κ2) is 5.84. The Morgan fingerprint density at radius 3 is 2.74 bits per heavy atom. The third-order valence-corrected chi connectivity index (χ3v) is 2.75. The van der Waals surface area contributed by atoms with E-state index in [4.69, 9.17) is 20.9 Å². The summed E-state index contributed by atoms with van der Waals surface area (Å²) in [7, 11) is 0. The summed E-state index contributed by atoms with van der Waals surface area (Å²) in [5.41, 5.74) is 1.24. The molecule has 0 spiro atoms. The van der Waals surface area contributed by atoms with Gasteiger partial charge in [0.25, 0.3) is 0 Å². The second-order valence-corrected chi connectivity index (χ2v) is 4.23. The lowest BCUT2D eigenvalue weighted by Crippen LogP contribution is -2.09. The molecule has 0 aliphatic heterocycles. The first-order valence-corrected chi connectivity index (χ1v) is 5.96. The predicted octanol–water partition coefficient (Wildman–Crippen LogP) is 3.43. The number of hydrogen-bond acceptors (Lipinski definition) is 4. The van der Waals surface area contributed by atoms with E-state index in [1.54, 1.807) is 31.2 Å². The van der Waals surface area contributed by atoms with Crippen molar-refractivity contribution in [3.63, 3.8) is 0 Å². The van der Waals surface area contributed by atoms with Crippen molar-refractivity contribution >= 4 is 17.6 Å². The van der Waals surface area contributed by atoms with E-state index < -0.39 is 12.6 Å². The molecule has 0 saturated carbocycles. The van der Waals surface area contributed by atoms with Crippen molar-refractivity contribution in [2.24, 2.45) is 0 Å². The molecule has 2 aromatic rings. The zero-order valence-corrected chi connectivity index (χ0v) is 10.9. The second-order valence-electron chi connectivity index (χ2n) is 3.79. The molecule has 100 valence electrons. The van der Waals surface area contributed by atoms with Gasteiger partial charge in [-0.05, 0) is 19.1 Å². The molecule has 0 fully saturated rings. The number of benzene rings is 1. The lowest BCUT2D eigenvalue weighted by Gasteiger charge is -2.03. The van der Waals surface area contributed by atoms with E-state index in [1.165, 1.54) is 0 Å². The van der Waals surface area contributed by atoms with E-state index in [0.717, 1.165) is 0 Å². The highest BCUT2D eigenvalue weighted by Crippen LogP contribution is 2.27. The number of ether oxygens (including phenoxy) is 1. The van der Waals surface area contributed by atoms with E-state index in [2.05, 4.69) is 5.16 Å². The predicted molar refractivity (Wildman–Crippen MR) is 67.9 cm³/mol. The number of hydrogen-bond donors (Lipinski definition) is 0. The number of aromatic nitrogens is 1. The maximum absolute atomic E-state index is 12.0. The van der Waals surface area contributed by atoms with Crippen molar-refractivity contribution in [2.75, 3.05) is 13.3 Å². The third-order valence-electron chi connectivity index (χ3n) is 2.49. The Morgan fingerprint density at radius 1 is 1.42 bits per heavy atom. The van der Waals surface area contributed by atoms with E-state index in [1.807, 2.05) is 0 Å². The van der Waals surface area contributed by atoms with Crippen LogP contribution in [0, 0.1) is 6.92 Å². The van der Waals surface area contributed by atoms with Crippen LogP contribution in [0.5, 0.6) is 0 Å². The number of rotatable bonds is 4. The smallest absolute Gasteiger partial charge is 0.344 e. The molecule has 0 unspecified atom stereocenters. The van der Waals surface area contributed by atoms with Gasteiger partial charge >= 0.3 is 5.97 Å². The fraction of sp³-hybridized carbons (Fsp3) is 0.231. The number of esters is 1. The van der Waals surface area contributed by atoms with Crippen LogP contribution >= 0.6 is 11.6 Å². The molecule has 0 amide bonds. The lowest BCUT2D eigenvalue weighted by molar-refractivity contribution is 0.0480. The average molecular weight is 284 g/mol. The summed E-state index contributed by atoms with van der Waals surface area (Å²) in [4.78, 5) is 11.8. The summed E-state index contributed by atoms with van der Waals surface area (Å²) >= 11 is 5.80. The largest absolute Gasteiger partial charge is 0.459 e. The minimum atomic E-state index is -0.730. The molecule has 1 aromatic heterocycles. The van der Waals surface area contributed by atoms with Gasteiger partial charge in [-0.2, -0.15) is 0 Å². The quantitative estimate of drug-likeness (QED) is 0.807. The molecule has 6 heteroatoms. The van der Waals surface area contributed by atoms with Crippen LogP contribution in [-0.2, 0) is 4.74 Å². The molecular weight excluding hydrogens is 273 g/mol. The van der Waals surface area contributed by atoms with Crippen LogP contribution in [0.3, 0.4) is 0 Å². The van der Waals surface area contributed by atoms with Gasteiger partial charge in [-0.3, -0.25) is 0 Å². The number of carbonyl (C=O) groups excluding carboxylic acids is 1. The van der Waals surface area contributed by atoms with E-state index >= 15 is 0 Å². The number of halogens is 2. The topological polar surface area (TPSA) is 52.3 Å². The monoisotopic (exact) mass is 283 g/mol. The van der Waals surface area contributed by atoms with Crippen molar-refractivity contribution < 1.29 is 18.4 Å². The van der Waals surface area contributed by atoms with Gasteiger partial charge in [0.2, 0.25) is 0 Å². The van der Waals surface area contributed by atoms with Gasteiger partial charge in [0, 0.05) is 10.6 Å². The van der Waals surface area contributed by atoms with Crippen LogP contribution < -0.4 is 0 Å². The van der Waals surface area contributed by atoms with Crippen LogP contribution in [0.2, 0.25) is 5.02 Å². The van der Waals surface area contributed by atoms with Crippen LogP contribution in [0.15, 0.2) is 28.8 Å². The molecule has 0 atom stereocenters. The Balaban J connectivity index is 2.37. The Morgan fingerprint density at radius 2 is 2.11 bits per heavy atom. The summed E-state index contributed by atoms with van der Waals surface area (Å²) in [5, 5.41) is 4.41. The van der Waals surface area contributed by atoms with Gasteiger partial charge in [0.15, 0.2) is 0 Å². The maximum Gasteiger partial charge on any atom is 0.344 e. The van der Waals surface area contributed by atoms with Crippen LogP contribution in [-0.4, -0.2) is 24.4 Å². The van der Waals surface area contributed by atoms with E-state index in [9.17, 15) is 9.18 Å². The molecule has 0 saturated heterocycles. The Kier molecular flexibility index (Phi) is 4.16. The van der Waals surface area contributed by atoms with Gasteiger partial charge < -0.3 is 9.26 Å². The highest BCUT2D eigenvalue weighted by molar-refractivity contribution is 6.30. The first kappa shape index (κ1) is 13.5. The Hall–Kier alpha value is -1.88. The van der Waals surface area contributed by atoms with Crippen molar-refractivity contribution in [1.82, 2.24) is 5.16 Å². The van der Waals surface area contributed by atoms with Gasteiger partial charge in [-0.25, -0.2) is 9.18 Å². The zero-order chi connectivity index (χ0) is 13.8. The van der Waals surface area contributed by atoms with E-state index in [0.29, 0.717) is 22.0 Å². The number of aryl methyl sites for hydroxylation is 1. The SMILES string of the molecule is Cc1onc(-c2ccc(Cl)cc2)c1C(=O)OCCF. The molecule has 0 bridgehead atoms. The zero-order valence-electron chi connectivity index (χ0n) is 10.2. The van der Waals surface area contributed by atoms with Crippen LogP contribution in [0.4, 0.5) is 4.39 Å². The summed E-state index contributed by atoms with van der Waals surface area (Å²) < 4.78 is 21.8. The summed E-state index contributed by atoms with van der Waals surface area (Å²) in [6, 6.07) is 6.78. The normalized spacial score (nSPS) is 10.5. The van der Waals surface area contributed by atoms with Gasteiger partial charge in [-0.15, -0.1) is 0 Å². The first-order chi connectivity index (χ1) is 9.13. The third kappa shape index (κ3) is 2.93. The van der Waals surface area contributed by atoms with Crippen LogP contribution in [0.25, 0.3) is 11.3 Å². The highest BCUT2D eigenvalue weighted by atomic mass is 35.5. The van der Waals surface area contributed by atoms with Gasteiger partial charge in [-0.1, -0.05) is 28.9 Å². The number of carbonyl (C=O) groups is 1. The average Bonchev–Trinajstić information content (AvgIpc) is 2.79. The van der Waals surface area contributed by atoms with Crippen molar-refractivity contribution in [2.45, 2.75) is 6.92 Å². The van der Waals surface area contributed by atoms with Crippen LogP contribution in [0.1, 0.15) is 16.1 Å². The Bertz CT molecular complexity index is 580. The lowest BCUT2D eigenvalue weighted by atomic mass is 10.1. The molecule has 1 heterocycles. The van der Waals surface area contributed by atoms with Crippen molar-refractivity contribution in [3.8, 4) is 11.3 Å². The molecule has 2 rings (SSSR count). The molecule has 1 aromatic carbocycles. The Labute approximate surface area is 114 Å². The first-order valence-electron chi connectivity index (χ1n) is 5.58. The molecule has 0 N–H and O–H groups in total. The fourth-order valence-corrected chi connectivity index (χ4v) is 1.75. The number of nitrogens with zero attached hydrogens (tertiary/aromatic N) is 1. The molecule has 19 heavy (non-hydrogen) atoms. The highest BCUT2D eigenvalue weighted by Gasteiger charge is 2.22. The molecule has 0 aliphatic carbocycles. The summed E-state index contributed by atoms with van der Waals surface area (Å²) in [6.07, 6.45) is 0. The maximum atomic E-state index is 12.0. The summed E-state index contributed by atoms with van der Waals surface area (Å²) in [6.45, 7) is 0.578. The minimum Gasteiger partial charge on any atom is -0.459 e. The van der Waals surface area contributed by atoms with Crippen molar-refractivity contribution in [3.05, 3.63) is 40.6 Å². The van der Waals surface area contributed by atoms with Gasteiger partial charge in [0.05, 0.1) is 0 Å².